The van der Waals surface area contributed by atoms with Crippen LogP contribution in [-0.4, -0.2) is 6.03 Å². The van der Waals surface area contributed by atoms with Crippen LogP contribution in [0.5, 0.6) is 0 Å². The predicted octanol–water partition coefficient (Wildman–Crippen LogP) is 4.27. The van der Waals surface area contributed by atoms with Gasteiger partial charge in [-0.1, -0.05) is 31.2 Å². The Bertz CT molecular complexity index is 593. The van der Waals surface area contributed by atoms with Crippen LogP contribution in [-0.2, 0) is 6.42 Å². The van der Waals surface area contributed by atoms with Crippen LogP contribution >= 0.6 is 0 Å². The smallest absolute Gasteiger partial charge is 0.319 e. The number of hydrogen-bond donors (Lipinski definition) is 2. The molecule has 1 atom stereocenters. The number of hydrogen-bond acceptors (Lipinski definition) is 1. The van der Waals surface area contributed by atoms with Crippen LogP contribution in [0.2, 0.25) is 0 Å². The van der Waals surface area contributed by atoms with Crippen molar-refractivity contribution < 1.29 is 9.18 Å². The largest absolute Gasteiger partial charge is 0.331 e. The molecule has 2 aromatic carbocycles. The van der Waals surface area contributed by atoms with E-state index < -0.39 is 0 Å². The van der Waals surface area contributed by atoms with Gasteiger partial charge >= 0.3 is 6.03 Å². The first-order chi connectivity index (χ1) is 10.1. The normalized spacial score (nSPS) is 11.8. The summed E-state index contributed by atoms with van der Waals surface area (Å²) in [6.45, 7) is 3.94. The molecule has 0 heterocycles. The maximum atomic E-state index is 12.9. The second kappa shape index (κ2) is 6.88. The van der Waals surface area contributed by atoms with Gasteiger partial charge in [0.25, 0.3) is 0 Å². The van der Waals surface area contributed by atoms with Crippen LogP contribution in [0.4, 0.5) is 14.9 Å². The predicted molar refractivity (Wildman–Crippen MR) is 82.8 cm³/mol. The van der Waals surface area contributed by atoms with Gasteiger partial charge < -0.3 is 10.6 Å². The molecule has 0 saturated carbocycles. The molecule has 1 unspecified atom stereocenters. The summed E-state index contributed by atoms with van der Waals surface area (Å²) < 4.78 is 12.9. The number of urea groups is 1. The van der Waals surface area contributed by atoms with Gasteiger partial charge in [-0.2, -0.15) is 0 Å². The van der Waals surface area contributed by atoms with E-state index in [1.165, 1.54) is 17.7 Å². The lowest BCUT2D eigenvalue weighted by atomic mass is 10.1. The van der Waals surface area contributed by atoms with Gasteiger partial charge in [0.15, 0.2) is 0 Å². The fourth-order valence-corrected chi connectivity index (χ4v) is 2.02. The highest BCUT2D eigenvalue weighted by Gasteiger charge is 2.09. The van der Waals surface area contributed by atoms with E-state index in [0.717, 1.165) is 17.7 Å². The van der Waals surface area contributed by atoms with Crippen molar-refractivity contribution in [2.75, 3.05) is 5.32 Å². The van der Waals surface area contributed by atoms with Crippen molar-refractivity contribution in [1.82, 2.24) is 5.32 Å². The topological polar surface area (TPSA) is 41.1 Å². The molecule has 2 N–H and O–H groups in total. The molecule has 3 nitrogen and oxygen atoms in total. The zero-order chi connectivity index (χ0) is 15.2. The molecule has 2 aromatic rings. The molecule has 0 aliphatic rings. The van der Waals surface area contributed by atoms with E-state index in [1.807, 2.05) is 31.2 Å². The van der Waals surface area contributed by atoms with Crippen LogP contribution in [0.1, 0.15) is 31.0 Å². The molecular weight excluding hydrogens is 267 g/mol. The number of carbonyl (C=O) groups is 1. The Labute approximate surface area is 124 Å². The lowest BCUT2D eigenvalue weighted by molar-refractivity contribution is 0.249. The number of aryl methyl sites for hydroxylation is 1. The van der Waals surface area contributed by atoms with Crippen LogP contribution in [0.3, 0.4) is 0 Å². The molecule has 0 bridgehead atoms. The molecule has 0 saturated heterocycles. The van der Waals surface area contributed by atoms with Crippen molar-refractivity contribution in [3.63, 3.8) is 0 Å². The van der Waals surface area contributed by atoms with Gasteiger partial charge in [-0.3, -0.25) is 0 Å². The summed E-state index contributed by atoms with van der Waals surface area (Å²) in [5.74, 6) is -0.286. The van der Waals surface area contributed by atoms with E-state index >= 15 is 0 Å². The monoisotopic (exact) mass is 286 g/mol. The van der Waals surface area contributed by atoms with Crippen molar-refractivity contribution >= 4 is 11.7 Å². The number of nitrogens with one attached hydrogen (secondary N) is 2. The average Bonchev–Trinajstić information content (AvgIpc) is 2.48. The summed E-state index contributed by atoms with van der Waals surface area (Å²) >= 11 is 0. The highest BCUT2D eigenvalue weighted by Crippen LogP contribution is 2.14. The van der Waals surface area contributed by atoms with Crippen molar-refractivity contribution in [1.29, 1.82) is 0 Å². The third-order valence-corrected chi connectivity index (χ3v) is 3.34. The number of rotatable bonds is 4. The molecule has 0 aliphatic carbocycles. The van der Waals surface area contributed by atoms with E-state index in [1.54, 1.807) is 12.1 Å². The molecule has 0 aliphatic heterocycles. The Morgan fingerprint density at radius 2 is 1.71 bits per heavy atom. The van der Waals surface area contributed by atoms with Crippen LogP contribution in [0.25, 0.3) is 0 Å². The van der Waals surface area contributed by atoms with Gasteiger partial charge in [0, 0.05) is 5.69 Å². The number of halogens is 1. The Kier molecular flexibility index (Phi) is 4.93. The van der Waals surface area contributed by atoms with E-state index in [4.69, 9.17) is 0 Å². The van der Waals surface area contributed by atoms with Gasteiger partial charge in [-0.25, -0.2) is 9.18 Å². The van der Waals surface area contributed by atoms with E-state index in [0.29, 0.717) is 0 Å². The van der Waals surface area contributed by atoms with Crippen molar-refractivity contribution in [3.8, 4) is 0 Å². The van der Waals surface area contributed by atoms with E-state index in [-0.39, 0.29) is 17.9 Å². The molecule has 4 heteroatoms. The summed E-state index contributed by atoms with van der Waals surface area (Å²) in [5, 5.41) is 5.60. The summed E-state index contributed by atoms with van der Waals surface area (Å²) in [6, 6.07) is 13.3. The summed E-state index contributed by atoms with van der Waals surface area (Å²) in [5.41, 5.74) is 2.82. The fraction of sp³-hybridized carbons (Fsp3) is 0.235. The van der Waals surface area contributed by atoms with Gasteiger partial charge in [-0.15, -0.1) is 0 Å². The number of carbonyl (C=O) groups excluding carboxylic acids is 1. The van der Waals surface area contributed by atoms with Crippen molar-refractivity contribution in [2.45, 2.75) is 26.3 Å². The van der Waals surface area contributed by atoms with Crippen LogP contribution < -0.4 is 10.6 Å². The zero-order valence-electron chi connectivity index (χ0n) is 12.2. The molecule has 21 heavy (non-hydrogen) atoms. The number of benzene rings is 2. The molecule has 0 spiro atoms. The summed E-state index contributed by atoms with van der Waals surface area (Å²) in [6.07, 6.45) is 0.966. The SMILES string of the molecule is CCc1ccc(NC(=O)NC(C)c2ccc(F)cc2)cc1. The standard InChI is InChI=1S/C17H19FN2O/c1-3-13-4-10-16(11-5-13)20-17(21)19-12(2)14-6-8-15(18)9-7-14/h4-12H,3H2,1-2H3,(H2,19,20,21). The van der Waals surface area contributed by atoms with Gasteiger partial charge in [0.1, 0.15) is 5.82 Å². The highest BCUT2D eigenvalue weighted by molar-refractivity contribution is 5.89. The molecule has 0 radical (unpaired) electrons. The lowest BCUT2D eigenvalue weighted by Crippen LogP contribution is -2.31. The third-order valence-electron chi connectivity index (χ3n) is 3.34. The summed E-state index contributed by atoms with van der Waals surface area (Å²) in [4.78, 5) is 11.9. The van der Waals surface area contributed by atoms with Crippen molar-refractivity contribution in [3.05, 3.63) is 65.5 Å². The molecule has 2 amide bonds. The Balaban J connectivity index is 1.92. The maximum Gasteiger partial charge on any atom is 0.319 e. The minimum Gasteiger partial charge on any atom is -0.331 e. The second-order valence-corrected chi connectivity index (χ2v) is 4.92. The molecule has 0 fully saturated rings. The van der Waals surface area contributed by atoms with Crippen LogP contribution in [0.15, 0.2) is 48.5 Å². The summed E-state index contributed by atoms with van der Waals surface area (Å²) in [7, 11) is 0. The molecule has 0 aromatic heterocycles. The van der Waals surface area contributed by atoms with E-state index in [9.17, 15) is 9.18 Å². The van der Waals surface area contributed by atoms with Crippen molar-refractivity contribution in [2.24, 2.45) is 0 Å². The molecule has 2 rings (SSSR count). The Morgan fingerprint density at radius 1 is 1.10 bits per heavy atom. The first-order valence-corrected chi connectivity index (χ1v) is 7.00. The third kappa shape index (κ3) is 4.31. The first kappa shape index (κ1) is 15.0. The minimum absolute atomic E-state index is 0.194. The van der Waals surface area contributed by atoms with Gasteiger partial charge in [-0.05, 0) is 48.7 Å². The van der Waals surface area contributed by atoms with Crippen LogP contribution in [0, 0.1) is 5.82 Å². The Morgan fingerprint density at radius 3 is 2.29 bits per heavy atom. The lowest BCUT2D eigenvalue weighted by Gasteiger charge is -2.15. The molecular formula is C17H19FN2O. The van der Waals surface area contributed by atoms with Gasteiger partial charge in [0.05, 0.1) is 6.04 Å². The zero-order valence-corrected chi connectivity index (χ0v) is 12.2. The second-order valence-electron chi connectivity index (χ2n) is 4.92. The van der Waals surface area contributed by atoms with E-state index in [2.05, 4.69) is 17.6 Å². The number of anilines is 1. The first-order valence-electron chi connectivity index (χ1n) is 7.00. The maximum absolute atomic E-state index is 12.9. The average molecular weight is 286 g/mol. The Hall–Kier alpha value is -2.36. The van der Waals surface area contributed by atoms with Gasteiger partial charge in [0.2, 0.25) is 0 Å². The highest BCUT2D eigenvalue weighted by atomic mass is 19.1. The molecule has 110 valence electrons. The quantitative estimate of drug-likeness (QED) is 0.865. The minimum atomic E-state index is -0.286. The number of amides is 2. The fourth-order valence-electron chi connectivity index (χ4n) is 2.02.